The lowest BCUT2D eigenvalue weighted by atomic mass is 10.1. The number of halogens is 1. The number of hydrogen-bond acceptors (Lipinski definition) is 2. The Hall–Kier alpha value is 0.400. The van der Waals surface area contributed by atoms with Gasteiger partial charge in [0.05, 0.1) is 0 Å². The molecule has 48 valence electrons. The SMILES string of the molecule is Br.C1CN2CC1CN2. The third-order valence-corrected chi connectivity index (χ3v) is 1.89. The molecule has 2 bridgehead atoms. The molecule has 0 aromatic carbocycles. The van der Waals surface area contributed by atoms with E-state index in [1.54, 1.807) is 0 Å². The average molecular weight is 179 g/mol. The third-order valence-electron chi connectivity index (χ3n) is 1.89. The summed E-state index contributed by atoms with van der Waals surface area (Å²) in [7, 11) is 0. The monoisotopic (exact) mass is 178 g/mol. The molecule has 3 heteroatoms. The minimum atomic E-state index is 0. The van der Waals surface area contributed by atoms with Crippen LogP contribution >= 0.6 is 17.0 Å². The summed E-state index contributed by atoms with van der Waals surface area (Å²) in [5, 5.41) is 2.31. The number of nitrogens with one attached hydrogen (secondary N) is 1. The van der Waals surface area contributed by atoms with Gasteiger partial charge in [-0.25, -0.2) is 5.01 Å². The minimum absolute atomic E-state index is 0. The van der Waals surface area contributed by atoms with E-state index in [0.717, 1.165) is 5.92 Å². The molecule has 2 heterocycles. The Morgan fingerprint density at radius 1 is 1.50 bits per heavy atom. The van der Waals surface area contributed by atoms with Crippen molar-refractivity contribution in [2.75, 3.05) is 19.6 Å². The molecule has 0 radical (unpaired) electrons. The highest BCUT2D eigenvalue weighted by molar-refractivity contribution is 8.93. The van der Waals surface area contributed by atoms with Crippen molar-refractivity contribution < 1.29 is 0 Å². The van der Waals surface area contributed by atoms with E-state index >= 15 is 0 Å². The van der Waals surface area contributed by atoms with Gasteiger partial charge in [0.1, 0.15) is 0 Å². The highest BCUT2D eigenvalue weighted by Gasteiger charge is 2.28. The van der Waals surface area contributed by atoms with Crippen molar-refractivity contribution in [1.82, 2.24) is 10.4 Å². The maximum atomic E-state index is 3.29. The smallest absolute Gasteiger partial charge is 0.0172 e. The summed E-state index contributed by atoms with van der Waals surface area (Å²) in [6.45, 7) is 3.82. The molecule has 2 aliphatic rings. The van der Waals surface area contributed by atoms with Gasteiger partial charge in [0.15, 0.2) is 0 Å². The van der Waals surface area contributed by atoms with Gasteiger partial charge in [-0.1, -0.05) is 0 Å². The summed E-state index contributed by atoms with van der Waals surface area (Å²) in [5.41, 5.74) is 3.29. The minimum Gasteiger partial charge on any atom is -0.255 e. The molecule has 2 fully saturated rings. The van der Waals surface area contributed by atoms with Crippen molar-refractivity contribution >= 4 is 17.0 Å². The molecule has 8 heavy (non-hydrogen) atoms. The number of nitrogens with zero attached hydrogens (tertiary/aromatic N) is 1. The van der Waals surface area contributed by atoms with Crippen LogP contribution in [0.15, 0.2) is 0 Å². The summed E-state index contributed by atoms with van der Waals surface area (Å²) in [4.78, 5) is 0. The second-order valence-corrected chi connectivity index (χ2v) is 2.46. The summed E-state index contributed by atoms with van der Waals surface area (Å²) in [5.74, 6) is 0.986. The molecule has 2 nitrogen and oxygen atoms in total. The van der Waals surface area contributed by atoms with Gasteiger partial charge in [-0.15, -0.1) is 17.0 Å². The van der Waals surface area contributed by atoms with Gasteiger partial charge < -0.3 is 0 Å². The fraction of sp³-hybridized carbons (Fsp3) is 1.00. The second kappa shape index (κ2) is 2.33. The molecule has 0 saturated carbocycles. The van der Waals surface area contributed by atoms with Crippen molar-refractivity contribution in [3.05, 3.63) is 0 Å². The summed E-state index contributed by atoms with van der Waals surface area (Å²) in [6.07, 6.45) is 1.42. The molecule has 2 aliphatic heterocycles. The summed E-state index contributed by atoms with van der Waals surface area (Å²) in [6, 6.07) is 0. The van der Waals surface area contributed by atoms with Gasteiger partial charge in [-0.2, -0.15) is 0 Å². The van der Waals surface area contributed by atoms with Gasteiger partial charge in [-0.3, -0.25) is 5.43 Å². The molecule has 0 aromatic rings. The van der Waals surface area contributed by atoms with Crippen LogP contribution in [0.1, 0.15) is 6.42 Å². The maximum Gasteiger partial charge on any atom is 0.0172 e. The zero-order chi connectivity index (χ0) is 4.69. The van der Waals surface area contributed by atoms with E-state index in [4.69, 9.17) is 0 Å². The average Bonchev–Trinajstić information content (AvgIpc) is 2.22. The third kappa shape index (κ3) is 0.900. The van der Waals surface area contributed by atoms with Crippen LogP contribution in [0.25, 0.3) is 0 Å². The topological polar surface area (TPSA) is 15.3 Å². The van der Waals surface area contributed by atoms with Gasteiger partial charge >= 0.3 is 0 Å². The van der Waals surface area contributed by atoms with Crippen LogP contribution in [0, 0.1) is 5.92 Å². The summed E-state index contributed by atoms with van der Waals surface area (Å²) < 4.78 is 0. The van der Waals surface area contributed by atoms with Crippen LogP contribution in [-0.2, 0) is 0 Å². The number of hydrazine groups is 1. The van der Waals surface area contributed by atoms with Crippen LogP contribution in [0.4, 0.5) is 0 Å². The van der Waals surface area contributed by atoms with E-state index in [2.05, 4.69) is 10.4 Å². The lowest BCUT2D eigenvalue weighted by Gasteiger charge is -2.11. The molecule has 0 spiro atoms. The molecule has 0 aliphatic carbocycles. The van der Waals surface area contributed by atoms with Crippen molar-refractivity contribution in [3.8, 4) is 0 Å². The Kier molecular flexibility index (Phi) is 1.90. The second-order valence-electron chi connectivity index (χ2n) is 2.46. The molecule has 1 N–H and O–H groups in total. The van der Waals surface area contributed by atoms with Crippen molar-refractivity contribution in [1.29, 1.82) is 0 Å². The zero-order valence-corrected chi connectivity index (χ0v) is 6.47. The molecule has 2 atom stereocenters. The lowest BCUT2D eigenvalue weighted by molar-refractivity contribution is 0.270. The van der Waals surface area contributed by atoms with Crippen LogP contribution in [0.2, 0.25) is 0 Å². The highest BCUT2D eigenvalue weighted by atomic mass is 79.9. The molecular weight excluding hydrogens is 168 g/mol. The molecular formula is C5H11BrN2. The van der Waals surface area contributed by atoms with E-state index in [1.807, 2.05) is 0 Å². The van der Waals surface area contributed by atoms with Crippen LogP contribution in [0.3, 0.4) is 0 Å². The van der Waals surface area contributed by atoms with Gasteiger partial charge in [0, 0.05) is 19.6 Å². The highest BCUT2D eigenvalue weighted by Crippen LogP contribution is 2.18. The van der Waals surface area contributed by atoms with Gasteiger partial charge in [-0.05, 0) is 12.3 Å². The Labute approximate surface area is 60.0 Å². The normalized spacial score (nSPS) is 42.0. The van der Waals surface area contributed by atoms with Crippen LogP contribution < -0.4 is 5.43 Å². The van der Waals surface area contributed by atoms with Crippen molar-refractivity contribution in [2.45, 2.75) is 6.42 Å². The first-order chi connectivity index (χ1) is 3.45. The number of rotatable bonds is 0. The quantitative estimate of drug-likeness (QED) is 0.579. The molecule has 0 amide bonds. The Morgan fingerprint density at radius 3 is 2.50 bits per heavy atom. The van der Waals surface area contributed by atoms with E-state index in [-0.39, 0.29) is 17.0 Å². The molecule has 0 aromatic heterocycles. The fourth-order valence-electron chi connectivity index (χ4n) is 1.40. The first-order valence-electron chi connectivity index (χ1n) is 2.93. The number of fused-ring (bicyclic) bond motifs is 2. The lowest BCUT2D eigenvalue weighted by Crippen LogP contribution is -2.31. The standard InChI is InChI=1S/C5H10N2.BrH/c1-2-7-4-5(1)3-6-7;/h5-6H,1-4H2;1H. The molecule has 2 unspecified atom stereocenters. The molecule has 2 saturated heterocycles. The largest absolute Gasteiger partial charge is 0.255 e. The zero-order valence-electron chi connectivity index (χ0n) is 4.76. The van der Waals surface area contributed by atoms with E-state index in [0.29, 0.717) is 0 Å². The number of hydrogen-bond donors (Lipinski definition) is 1. The van der Waals surface area contributed by atoms with E-state index in [1.165, 1.54) is 26.1 Å². The first kappa shape index (κ1) is 6.52. The van der Waals surface area contributed by atoms with Gasteiger partial charge in [0.25, 0.3) is 0 Å². The Balaban J connectivity index is 0.000000320. The van der Waals surface area contributed by atoms with Gasteiger partial charge in [0.2, 0.25) is 0 Å². The first-order valence-corrected chi connectivity index (χ1v) is 2.93. The summed E-state index contributed by atoms with van der Waals surface area (Å²) >= 11 is 0. The Bertz CT molecular complexity index is 68.5. The predicted octanol–water partition coefficient (Wildman–Crippen LogP) is 0.404. The molecule has 2 rings (SSSR count). The van der Waals surface area contributed by atoms with Crippen LogP contribution in [0.5, 0.6) is 0 Å². The van der Waals surface area contributed by atoms with Crippen molar-refractivity contribution in [2.24, 2.45) is 5.92 Å². The fourth-order valence-corrected chi connectivity index (χ4v) is 1.40. The predicted molar refractivity (Wildman–Crippen MR) is 38.0 cm³/mol. The Morgan fingerprint density at radius 2 is 2.38 bits per heavy atom. The van der Waals surface area contributed by atoms with E-state index < -0.39 is 0 Å². The van der Waals surface area contributed by atoms with Crippen LogP contribution in [-0.4, -0.2) is 24.6 Å². The van der Waals surface area contributed by atoms with Crippen molar-refractivity contribution in [3.63, 3.8) is 0 Å². The maximum absolute atomic E-state index is 3.29. The van der Waals surface area contributed by atoms with E-state index in [9.17, 15) is 0 Å².